The number of hydrogen-bond donors (Lipinski definition) is 2. The molecule has 116 valence electrons. The zero-order chi connectivity index (χ0) is 14.9. The summed E-state index contributed by atoms with van der Waals surface area (Å²) in [5.41, 5.74) is -0.789. The van der Waals surface area contributed by atoms with E-state index in [9.17, 15) is 9.90 Å². The van der Waals surface area contributed by atoms with Gasteiger partial charge < -0.3 is 10.4 Å². The molecular weight excluding hydrogens is 290 g/mol. The molecule has 1 aromatic rings. The number of carboxylic acids is 1. The molecule has 0 spiro atoms. The molecule has 0 aromatic carbocycles. The van der Waals surface area contributed by atoms with Gasteiger partial charge in [-0.25, -0.2) is 4.68 Å². The van der Waals surface area contributed by atoms with Crippen LogP contribution in [0, 0.1) is 0 Å². The molecule has 7 nitrogen and oxygen atoms in total. The van der Waals surface area contributed by atoms with Gasteiger partial charge in [0.2, 0.25) is 5.16 Å². The minimum absolute atomic E-state index is 0.248. The van der Waals surface area contributed by atoms with Gasteiger partial charge in [-0.15, -0.1) is 5.10 Å². The SMILES string of the molecule is CCNC1(C(=O)O)CCCC(Sc2nnnn2C2CC2)C1. The molecular formula is C13H21N5O2S. The largest absolute Gasteiger partial charge is 0.480 e. The standard InChI is InChI=1S/C13H21N5O2S/c1-2-14-13(11(19)20)7-3-4-10(8-13)21-12-15-16-17-18(12)9-5-6-9/h9-10,14H,2-8H2,1H3,(H,19,20). The highest BCUT2D eigenvalue weighted by Gasteiger charge is 2.43. The van der Waals surface area contributed by atoms with Crippen molar-refractivity contribution in [3.05, 3.63) is 0 Å². The van der Waals surface area contributed by atoms with E-state index < -0.39 is 11.5 Å². The summed E-state index contributed by atoms with van der Waals surface area (Å²) in [5, 5.41) is 25.8. The van der Waals surface area contributed by atoms with E-state index in [1.807, 2.05) is 11.6 Å². The maximum atomic E-state index is 11.7. The smallest absolute Gasteiger partial charge is 0.323 e. The highest BCUT2D eigenvalue weighted by molar-refractivity contribution is 7.99. The van der Waals surface area contributed by atoms with Crippen LogP contribution in [-0.4, -0.2) is 48.6 Å². The molecule has 3 rings (SSSR count). The fourth-order valence-electron chi connectivity index (χ4n) is 3.05. The number of nitrogens with zero attached hydrogens (tertiary/aromatic N) is 4. The van der Waals surface area contributed by atoms with Gasteiger partial charge in [0, 0.05) is 5.25 Å². The molecule has 2 N–H and O–H groups in total. The molecule has 2 unspecified atom stereocenters. The number of carbonyl (C=O) groups is 1. The molecule has 1 heterocycles. The third-order valence-corrected chi connectivity index (χ3v) is 5.47. The van der Waals surface area contributed by atoms with Gasteiger partial charge in [-0.3, -0.25) is 4.79 Å². The Kier molecular flexibility index (Phi) is 4.17. The average molecular weight is 311 g/mol. The van der Waals surface area contributed by atoms with Crippen molar-refractivity contribution in [1.29, 1.82) is 0 Å². The lowest BCUT2D eigenvalue weighted by atomic mass is 9.81. The summed E-state index contributed by atoms with van der Waals surface area (Å²) in [4.78, 5) is 11.7. The summed E-state index contributed by atoms with van der Waals surface area (Å²) >= 11 is 1.64. The lowest BCUT2D eigenvalue weighted by Crippen LogP contribution is -2.55. The van der Waals surface area contributed by atoms with Crippen LogP contribution in [0.4, 0.5) is 0 Å². The maximum Gasteiger partial charge on any atom is 0.323 e. The summed E-state index contributed by atoms with van der Waals surface area (Å²) in [5.74, 6) is -0.739. The van der Waals surface area contributed by atoms with Crippen LogP contribution in [0.3, 0.4) is 0 Å². The van der Waals surface area contributed by atoms with E-state index in [1.165, 1.54) is 0 Å². The second-order valence-electron chi connectivity index (χ2n) is 5.89. The molecule has 8 heteroatoms. The Labute approximate surface area is 127 Å². The van der Waals surface area contributed by atoms with Crippen LogP contribution in [0.5, 0.6) is 0 Å². The van der Waals surface area contributed by atoms with Crippen molar-refractivity contribution >= 4 is 17.7 Å². The van der Waals surface area contributed by atoms with Crippen molar-refractivity contribution in [1.82, 2.24) is 25.5 Å². The van der Waals surface area contributed by atoms with Gasteiger partial charge in [-0.2, -0.15) is 0 Å². The van der Waals surface area contributed by atoms with Crippen molar-refractivity contribution in [2.24, 2.45) is 0 Å². The Morgan fingerprint density at radius 3 is 3.00 bits per heavy atom. The Balaban J connectivity index is 1.70. The molecule has 2 fully saturated rings. The number of hydrogen-bond acceptors (Lipinski definition) is 6. The molecule has 0 saturated heterocycles. The maximum absolute atomic E-state index is 11.7. The molecule has 2 aliphatic rings. The molecule has 2 atom stereocenters. The van der Waals surface area contributed by atoms with E-state index in [1.54, 1.807) is 11.8 Å². The van der Waals surface area contributed by atoms with Crippen LogP contribution in [0.25, 0.3) is 0 Å². The van der Waals surface area contributed by atoms with Crippen molar-refractivity contribution in [2.45, 2.75) is 67.4 Å². The minimum Gasteiger partial charge on any atom is -0.480 e. The van der Waals surface area contributed by atoms with E-state index in [2.05, 4.69) is 20.8 Å². The number of nitrogens with one attached hydrogen (secondary N) is 1. The fourth-order valence-corrected chi connectivity index (χ4v) is 4.38. The molecule has 0 radical (unpaired) electrons. The van der Waals surface area contributed by atoms with Crippen LogP contribution >= 0.6 is 11.8 Å². The fraction of sp³-hybridized carbons (Fsp3) is 0.846. The van der Waals surface area contributed by atoms with Crippen LogP contribution in [0.15, 0.2) is 5.16 Å². The number of carboxylic acid groups (broad SMARTS) is 1. The van der Waals surface area contributed by atoms with Crippen LogP contribution < -0.4 is 5.32 Å². The number of rotatable bonds is 6. The highest BCUT2D eigenvalue weighted by Crippen LogP contribution is 2.41. The Hall–Kier alpha value is -1.15. The first kappa shape index (κ1) is 14.8. The number of likely N-dealkylation sites (N-methyl/N-ethyl adjacent to an activating group) is 1. The first-order valence-corrected chi connectivity index (χ1v) is 8.45. The highest BCUT2D eigenvalue weighted by atomic mass is 32.2. The third kappa shape index (κ3) is 3.06. The molecule has 0 amide bonds. The minimum atomic E-state index is -0.789. The van der Waals surface area contributed by atoms with Gasteiger partial charge in [0.05, 0.1) is 6.04 Å². The summed E-state index contributed by atoms with van der Waals surface area (Å²) in [7, 11) is 0. The number of aromatic nitrogens is 4. The number of aliphatic carboxylic acids is 1. The van der Waals surface area contributed by atoms with Crippen molar-refractivity contribution in [3.63, 3.8) is 0 Å². The van der Waals surface area contributed by atoms with Crippen LogP contribution in [0.1, 0.15) is 51.5 Å². The predicted molar refractivity (Wildman–Crippen MR) is 78.2 cm³/mol. The molecule has 0 aliphatic heterocycles. The summed E-state index contributed by atoms with van der Waals surface area (Å²) in [6.45, 7) is 2.62. The monoisotopic (exact) mass is 311 g/mol. The van der Waals surface area contributed by atoms with Crippen molar-refractivity contribution in [2.75, 3.05) is 6.54 Å². The lowest BCUT2D eigenvalue weighted by Gasteiger charge is -2.37. The third-order valence-electron chi connectivity index (χ3n) is 4.26. The normalized spacial score (nSPS) is 29.5. The van der Waals surface area contributed by atoms with E-state index in [-0.39, 0.29) is 5.25 Å². The van der Waals surface area contributed by atoms with E-state index in [0.29, 0.717) is 25.4 Å². The van der Waals surface area contributed by atoms with Gasteiger partial charge in [0.1, 0.15) is 5.54 Å². The van der Waals surface area contributed by atoms with Gasteiger partial charge in [-0.1, -0.05) is 18.7 Å². The second kappa shape index (κ2) is 5.92. The predicted octanol–water partition coefficient (Wildman–Crippen LogP) is 1.48. The zero-order valence-electron chi connectivity index (χ0n) is 12.2. The van der Waals surface area contributed by atoms with Gasteiger partial charge in [0.25, 0.3) is 0 Å². The van der Waals surface area contributed by atoms with E-state index in [0.717, 1.165) is 30.8 Å². The zero-order valence-corrected chi connectivity index (χ0v) is 13.0. The molecule has 1 aromatic heterocycles. The van der Waals surface area contributed by atoms with Gasteiger partial charge >= 0.3 is 5.97 Å². The lowest BCUT2D eigenvalue weighted by molar-refractivity contribution is -0.146. The first-order valence-electron chi connectivity index (χ1n) is 7.57. The summed E-state index contributed by atoms with van der Waals surface area (Å²) in [6, 6.07) is 0.448. The molecule has 2 saturated carbocycles. The van der Waals surface area contributed by atoms with E-state index >= 15 is 0 Å². The Morgan fingerprint density at radius 2 is 2.33 bits per heavy atom. The first-order chi connectivity index (χ1) is 10.1. The average Bonchev–Trinajstić information content (AvgIpc) is 3.20. The quantitative estimate of drug-likeness (QED) is 0.821. The van der Waals surface area contributed by atoms with Crippen LogP contribution in [0.2, 0.25) is 0 Å². The van der Waals surface area contributed by atoms with Crippen LogP contribution in [-0.2, 0) is 4.79 Å². The second-order valence-corrected chi connectivity index (χ2v) is 7.16. The summed E-state index contributed by atoms with van der Waals surface area (Å²) in [6.07, 6.45) is 5.53. The Bertz CT molecular complexity index is 514. The molecule has 2 aliphatic carbocycles. The van der Waals surface area contributed by atoms with E-state index in [4.69, 9.17) is 0 Å². The summed E-state index contributed by atoms with van der Waals surface area (Å²) < 4.78 is 1.90. The Morgan fingerprint density at radius 1 is 1.52 bits per heavy atom. The van der Waals surface area contributed by atoms with Gasteiger partial charge in [0.15, 0.2) is 0 Å². The van der Waals surface area contributed by atoms with Gasteiger partial charge in [-0.05, 0) is 55.5 Å². The topological polar surface area (TPSA) is 92.9 Å². The number of tetrazole rings is 1. The molecule has 21 heavy (non-hydrogen) atoms. The number of thioether (sulfide) groups is 1. The van der Waals surface area contributed by atoms with Crippen molar-refractivity contribution < 1.29 is 9.90 Å². The van der Waals surface area contributed by atoms with Crippen molar-refractivity contribution in [3.8, 4) is 0 Å². The molecule has 0 bridgehead atoms.